The predicted molar refractivity (Wildman–Crippen MR) is 143 cm³/mol. The molecule has 6 rings (SSSR count). The standard InChI is InChI=1S/C30H20O11/c31-14-4-1-12(2-5-14)29-27(28(39)25-18(35)8-15(32)9-23(25)41-29)26-20(37)10-19(36)24-21(38)11-22(40-30(24)26)13-3-6-16(33)17(34)7-13/h1-11,27,29,31-37H/t27-,29+/m1/s1/i27D/hD7. The van der Waals surface area contributed by atoms with Crippen LogP contribution in [0.2, 0.25) is 0 Å². The quantitative estimate of drug-likeness (QED) is 0.118. The number of hydrogen-bond donors (Lipinski definition) is 7. The minimum atomic E-state index is -2.74. The van der Waals surface area contributed by atoms with E-state index in [1.165, 1.54) is 48.5 Å². The van der Waals surface area contributed by atoms with Crippen LogP contribution in [0.1, 0.15) is 34.9 Å². The summed E-state index contributed by atoms with van der Waals surface area (Å²) < 4.78 is 74.5. The zero-order chi connectivity index (χ0) is 35.0. The van der Waals surface area contributed by atoms with Crippen molar-refractivity contribution in [1.82, 2.24) is 0 Å². The fourth-order valence-corrected chi connectivity index (χ4v) is 4.78. The summed E-state index contributed by atoms with van der Waals surface area (Å²) in [5.74, 6) is -6.18. The number of benzene rings is 4. The van der Waals surface area contributed by atoms with E-state index in [-0.39, 0.29) is 45.6 Å². The van der Waals surface area contributed by atoms with Crippen LogP contribution in [0.4, 0.5) is 0 Å². The second-order valence-electron chi connectivity index (χ2n) is 9.19. The van der Waals surface area contributed by atoms with Gasteiger partial charge in [0.15, 0.2) is 22.7 Å². The predicted octanol–water partition coefficient (Wildman–Crippen LogP) is 4.50. The molecule has 206 valence electrons. The molecule has 4 aromatic carbocycles. The van der Waals surface area contributed by atoms with E-state index in [1.807, 2.05) is 0 Å². The molecule has 0 spiro atoms. The molecule has 0 bridgehead atoms. The monoisotopic (exact) mass is 564 g/mol. The number of fused-ring (bicyclic) bond motifs is 2. The van der Waals surface area contributed by atoms with Crippen LogP contribution in [-0.4, -0.2) is 51.6 Å². The van der Waals surface area contributed by atoms with Crippen LogP contribution in [0.25, 0.3) is 22.3 Å². The highest BCUT2D eigenvalue weighted by Gasteiger charge is 2.44. The van der Waals surface area contributed by atoms with Gasteiger partial charge in [-0.15, -0.1) is 0 Å². The average Bonchev–Trinajstić information content (AvgIpc) is 3.14. The highest BCUT2D eigenvalue weighted by molar-refractivity contribution is 6.09. The number of carbonyl (C=O) groups excluding carboxylic acids is 1. The van der Waals surface area contributed by atoms with Gasteiger partial charge >= 0.3 is 0 Å². The minimum absolute atomic E-state index is 0.0998. The molecule has 0 saturated heterocycles. The van der Waals surface area contributed by atoms with Crippen molar-refractivity contribution in [3.63, 3.8) is 0 Å². The Labute approximate surface area is 241 Å². The first kappa shape index (κ1) is 17.7. The second-order valence-corrected chi connectivity index (χ2v) is 9.19. The maximum Gasteiger partial charge on any atom is 0.293 e. The molecule has 11 heteroatoms. The third kappa shape index (κ3) is 4.07. The van der Waals surface area contributed by atoms with Crippen LogP contribution < -0.4 is 10.2 Å². The molecule has 0 unspecified atom stereocenters. The Bertz CT molecular complexity index is 2140. The van der Waals surface area contributed by atoms with Gasteiger partial charge in [0.05, 0.1) is 11.5 Å². The highest BCUT2D eigenvalue weighted by atomic mass is 16.5. The number of ether oxygens (including phenoxy) is 1. The fourth-order valence-electron chi connectivity index (χ4n) is 4.78. The van der Waals surface area contributed by atoms with E-state index in [0.29, 0.717) is 0 Å². The third-order valence-corrected chi connectivity index (χ3v) is 6.63. The van der Waals surface area contributed by atoms with Crippen molar-refractivity contribution >= 4 is 16.8 Å². The summed E-state index contributed by atoms with van der Waals surface area (Å²) in [6.07, 6.45) is -1.66. The largest absolute Gasteiger partial charge is 0.508 e. The number of phenolic OH excluding ortho intramolecular Hbond substituents is 7. The minimum Gasteiger partial charge on any atom is -0.508 e. The summed E-state index contributed by atoms with van der Waals surface area (Å²) in [4.78, 5) is 28.5. The number of aromatic hydroxyl groups is 7. The number of rotatable bonds is 10. The van der Waals surface area contributed by atoms with Gasteiger partial charge in [-0.05, 0) is 35.9 Å². The topological polar surface area (TPSA) is 198 Å². The summed E-state index contributed by atoms with van der Waals surface area (Å²) >= 11 is 0. The molecule has 0 amide bonds. The van der Waals surface area contributed by atoms with Gasteiger partial charge in [0, 0.05) is 31.2 Å². The van der Waals surface area contributed by atoms with E-state index < -0.39 is 62.6 Å². The normalized spacial score (nSPS) is 20.2. The van der Waals surface area contributed by atoms with Crippen molar-refractivity contribution < 1.29 is 51.1 Å². The van der Waals surface area contributed by atoms with Gasteiger partial charge in [0.1, 0.15) is 62.9 Å². The maximum absolute atomic E-state index is 14.7. The summed E-state index contributed by atoms with van der Waals surface area (Å²) in [7, 11) is 0. The Morgan fingerprint density at radius 3 is 2.22 bits per heavy atom. The van der Waals surface area contributed by atoms with Crippen LogP contribution in [0.15, 0.2) is 75.9 Å². The molecule has 1 aliphatic rings. The molecule has 11 nitrogen and oxygen atoms in total. The Morgan fingerprint density at radius 1 is 0.707 bits per heavy atom. The molecule has 2 atom stereocenters. The number of hydrogen-bond acceptors (Lipinski definition) is 11. The Balaban J connectivity index is 1.73. The molecular weight excluding hydrogens is 536 g/mol. The SMILES string of the molecule is [2H]Oc1ccc([C@@H]2Oc3cc(O[2H])cc(O[2H])c3C(=O)[C@@]2([2H])c2c(O[2H])cc(O[2H])c3c(=O)cc(-c4ccc(O[2H])c(O[2H])c4)oc23)cc1. The van der Waals surface area contributed by atoms with Gasteiger partial charge < -0.3 is 44.9 Å². The average molecular weight is 565 g/mol. The lowest BCUT2D eigenvalue weighted by molar-refractivity contribution is 0.0772. The lowest BCUT2D eigenvalue weighted by atomic mass is 9.79. The van der Waals surface area contributed by atoms with Crippen molar-refractivity contribution in [2.75, 3.05) is 0 Å². The number of phenols is 7. The number of Topliss-reactive ketones (excluding diaryl/α,β-unsaturated/α-hetero) is 1. The molecular formula is C30H20O11. The first-order chi connectivity index (χ1) is 23.7. The van der Waals surface area contributed by atoms with Crippen molar-refractivity contribution in [2.24, 2.45) is 0 Å². The van der Waals surface area contributed by atoms with Gasteiger partial charge in [-0.25, -0.2) is 0 Å². The van der Waals surface area contributed by atoms with Gasteiger partial charge in [-0.2, -0.15) is 0 Å². The molecule has 5 aromatic rings. The molecule has 2 heterocycles. The molecule has 1 aliphatic heterocycles. The number of carbonyl (C=O) groups is 1. The van der Waals surface area contributed by atoms with E-state index in [1.54, 1.807) is 0 Å². The summed E-state index contributed by atoms with van der Waals surface area (Å²) in [6.45, 7) is 0. The molecule has 41 heavy (non-hydrogen) atoms. The van der Waals surface area contributed by atoms with E-state index >= 15 is 0 Å². The first-order valence-corrected chi connectivity index (χ1v) is 11.9. The molecule has 1 aromatic heterocycles. The van der Waals surface area contributed by atoms with Crippen molar-refractivity contribution in [2.45, 2.75) is 12.0 Å². The van der Waals surface area contributed by atoms with Crippen LogP contribution in [0.3, 0.4) is 0 Å². The molecule has 0 aliphatic carbocycles. The zero-order valence-electron chi connectivity index (χ0n) is 28.4. The summed E-state index contributed by atoms with van der Waals surface area (Å²) in [6, 6.07) is 13.5. The van der Waals surface area contributed by atoms with Gasteiger partial charge in [0.25, 0.3) is 10.0 Å². The zero-order valence-corrected chi connectivity index (χ0v) is 20.4. The Hall–Kier alpha value is -5.84. The lowest BCUT2D eigenvalue weighted by Gasteiger charge is -2.34. The number of ketones is 1. The first-order valence-electron chi connectivity index (χ1n) is 15.2. The smallest absolute Gasteiger partial charge is 0.293 e. The van der Waals surface area contributed by atoms with Gasteiger partial charge in [-0.3, -0.25) is 9.59 Å². The fraction of sp³-hybridized carbons (Fsp3) is 0.0667. The highest BCUT2D eigenvalue weighted by Crippen LogP contribution is 2.52. The molecule has 0 fully saturated rings. The maximum atomic E-state index is 14.7. The van der Waals surface area contributed by atoms with Crippen molar-refractivity contribution in [3.8, 4) is 57.3 Å². The van der Waals surface area contributed by atoms with Gasteiger partial charge in [-0.1, -0.05) is 12.1 Å². The second kappa shape index (κ2) is 9.12. The van der Waals surface area contributed by atoms with E-state index in [4.69, 9.17) is 24.3 Å². The van der Waals surface area contributed by atoms with Crippen molar-refractivity contribution in [3.05, 3.63) is 93.6 Å². The van der Waals surface area contributed by atoms with E-state index in [2.05, 4.69) is 30.7 Å². The molecule has 7 N–H and O–H groups in total. The summed E-state index contributed by atoms with van der Waals surface area (Å²) in [5, 5.41) is 31.8. The lowest BCUT2D eigenvalue weighted by Crippen LogP contribution is -2.30. The van der Waals surface area contributed by atoms with Gasteiger partial charge in [0.2, 0.25) is 0 Å². The molecule has 0 radical (unpaired) electrons. The van der Waals surface area contributed by atoms with Crippen LogP contribution in [0, 0.1) is 0 Å². The molecule has 0 saturated carbocycles. The Morgan fingerprint density at radius 2 is 1.49 bits per heavy atom. The van der Waals surface area contributed by atoms with Crippen LogP contribution in [-0.2, 0) is 0 Å². The summed E-state index contributed by atoms with van der Waals surface area (Å²) in [5.41, 5.74) is -2.05. The van der Waals surface area contributed by atoms with Crippen LogP contribution in [0.5, 0.6) is 46.0 Å². The Kier molecular flexibility index (Phi) is 3.94. The van der Waals surface area contributed by atoms with E-state index in [0.717, 1.165) is 18.2 Å². The third-order valence-electron chi connectivity index (χ3n) is 6.63. The van der Waals surface area contributed by atoms with E-state index in [9.17, 15) is 11.0 Å². The van der Waals surface area contributed by atoms with Crippen LogP contribution >= 0.6 is 0 Å². The van der Waals surface area contributed by atoms with Crippen molar-refractivity contribution in [1.29, 1.82) is 10.0 Å².